The summed E-state index contributed by atoms with van der Waals surface area (Å²) in [5, 5.41) is 13.7. The van der Waals surface area contributed by atoms with Gasteiger partial charge in [0.1, 0.15) is 0 Å². The van der Waals surface area contributed by atoms with Crippen LogP contribution in [-0.4, -0.2) is 23.3 Å². The van der Waals surface area contributed by atoms with E-state index in [2.05, 4.69) is 26.1 Å². The summed E-state index contributed by atoms with van der Waals surface area (Å²) in [6.07, 6.45) is 5.84. The third-order valence-corrected chi connectivity index (χ3v) is 3.74. The maximum atomic E-state index is 10.1. The Kier molecular flexibility index (Phi) is 5.26. The number of rotatable bonds is 5. The topological polar surface area (TPSA) is 32.3 Å². The van der Waals surface area contributed by atoms with Gasteiger partial charge in [0.05, 0.1) is 5.60 Å². The monoisotopic (exact) mass is 227 g/mol. The van der Waals surface area contributed by atoms with Gasteiger partial charge in [0.15, 0.2) is 0 Å². The molecule has 1 aliphatic rings. The minimum absolute atomic E-state index is 0.529. The molecule has 3 atom stereocenters. The molecule has 2 nitrogen and oxygen atoms in total. The minimum atomic E-state index is -0.529. The fraction of sp³-hybridized carbons (Fsp3) is 1.00. The van der Waals surface area contributed by atoms with Crippen LogP contribution in [0, 0.1) is 11.8 Å². The summed E-state index contributed by atoms with van der Waals surface area (Å²) < 4.78 is 0. The van der Waals surface area contributed by atoms with Crippen molar-refractivity contribution in [1.82, 2.24) is 5.32 Å². The van der Waals surface area contributed by atoms with Crippen LogP contribution < -0.4 is 5.32 Å². The lowest BCUT2D eigenvalue weighted by Gasteiger charge is -2.34. The summed E-state index contributed by atoms with van der Waals surface area (Å²) in [5.74, 6) is 1.66. The molecule has 0 bridgehead atoms. The molecule has 2 N–H and O–H groups in total. The van der Waals surface area contributed by atoms with Crippen molar-refractivity contribution in [3.63, 3.8) is 0 Å². The summed E-state index contributed by atoms with van der Waals surface area (Å²) in [6.45, 7) is 9.49. The third-order valence-electron chi connectivity index (χ3n) is 3.74. The number of hydrogen-bond acceptors (Lipinski definition) is 2. The van der Waals surface area contributed by atoms with Crippen LogP contribution in [0.5, 0.6) is 0 Å². The molecule has 0 heterocycles. The van der Waals surface area contributed by atoms with Crippen LogP contribution in [0.2, 0.25) is 0 Å². The van der Waals surface area contributed by atoms with Crippen molar-refractivity contribution < 1.29 is 5.11 Å². The second-order valence-electron chi connectivity index (χ2n) is 6.24. The largest absolute Gasteiger partial charge is 0.389 e. The second kappa shape index (κ2) is 6.02. The smallest absolute Gasteiger partial charge is 0.0743 e. The van der Waals surface area contributed by atoms with E-state index in [-0.39, 0.29) is 0 Å². The highest BCUT2D eigenvalue weighted by atomic mass is 16.3. The highest BCUT2D eigenvalue weighted by Crippen LogP contribution is 2.28. The van der Waals surface area contributed by atoms with Crippen molar-refractivity contribution in [1.29, 1.82) is 0 Å². The normalized spacial score (nSPS) is 34.7. The first-order valence-electron chi connectivity index (χ1n) is 6.88. The maximum Gasteiger partial charge on any atom is 0.0743 e. The van der Waals surface area contributed by atoms with E-state index in [1.54, 1.807) is 0 Å². The lowest BCUT2D eigenvalue weighted by atomic mass is 9.80. The Morgan fingerprint density at radius 1 is 1.19 bits per heavy atom. The molecule has 3 unspecified atom stereocenters. The summed E-state index contributed by atoms with van der Waals surface area (Å²) in [4.78, 5) is 0. The van der Waals surface area contributed by atoms with E-state index in [4.69, 9.17) is 0 Å². The average molecular weight is 227 g/mol. The van der Waals surface area contributed by atoms with Gasteiger partial charge >= 0.3 is 0 Å². The van der Waals surface area contributed by atoms with Crippen LogP contribution in [0.3, 0.4) is 0 Å². The van der Waals surface area contributed by atoms with Crippen molar-refractivity contribution in [2.45, 2.75) is 71.4 Å². The standard InChI is InChI=1S/C14H29NO/c1-5-6-14(4,16)10-15-13-8-11(2)7-12(3)9-13/h11-13,15-16H,5-10H2,1-4H3. The molecule has 0 aromatic heterocycles. The van der Waals surface area contributed by atoms with Crippen molar-refractivity contribution in [3.8, 4) is 0 Å². The highest BCUT2D eigenvalue weighted by Gasteiger charge is 2.26. The quantitative estimate of drug-likeness (QED) is 0.757. The SMILES string of the molecule is CCCC(C)(O)CNC1CC(C)CC(C)C1. The second-order valence-corrected chi connectivity index (χ2v) is 6.24. The van der Waals surface area contributed by atoms with Crippen molar-refractivity contribution in [2.24, 2.45) is 11.8 Å². The Labute approximate surface area is 101 Å². The number of nitrogens with one attached hydrogen (secondary N) is 1. The Bertz CT molecular complexity index is 193. The van der Waals surface area contributed by atoms with Gasteiger partial charge in [0.25, 0.3) is 0 Å². The Morgan fingerprint density at radius 2 is 1.75 bits per heavy atom. The first-order chi connectivity index (χ1) is 7.43. The van der Waals surface area contributed by atoms with E-state index >= 15 is 0 Å². The first kappa shape index (κ1) is 14.0. The van der Waals surface area contributed by atoms with Gasteiger partial charge in [-0.15, -0.1) is 0 Å². The third kappa shape index (κ3) is 4.84. The van der Waals surface area contributed by atoms with Gasteiger partial charge < -0.3 is 10.4 Å². The van der Waals surface area contributed by atoms with Crippen LogP contribution in [-0.2, 0) is 0 Å². The Hall–Kier alpha value is -0.0800. The predicted molar refractivity (Wildman–Crippen MR) is 69.5 cm³/mol. The molecule has 1 fully saturated rings. The zero-order valence-electron chi connectivity index (χ0n) is 11.4. The molecular formula is C14H29NO. The molecule has 1 saturated carbocycles. The van der Waals surface area contributed by atoms with Gasteiger partial charge in [-0.05, 0) is 44.4 Å². The lowest BCUT2D eigenvalue weighted by Crippen LogP contribution is -2.45. The average Bonchev–Trinajstić information content (AvgIpc) is 2.13. The van der Waals surface area contributed by atoms with E-state index in [0.717, 1.165) is 31.2 Å². The van der Waals surface area contributed by atoms with Crippen LogP contribution in [0.15, 0.2) is 0 Å². The van der Waals surface area contributed by atoms with E-state index < -0.39 is 5.60 Å². The van der Waals surface area contributed by atoms with Gasteiger partial charge in [0, 0.05) is 12.6 Å². The molecule has 1 rings (SSSR count). The van der Waals surface area contributed by atoms with E-state index in [9.17, 15) is 5.11 Å². The Balaban J connectivity index is 2.31. The van der Waals surface area contributed by atoms with Crippen LogP contribution in [0.25, 0.3) is 0 Å². The first-order valence-corrected chi connectivity index (χ1v) is 6.88. The minimum Gasteiger partial charge on any atom is -0.389 e. The zero-order chi connectivity index (χ0) is 12.2. The summed E-state index contributed by atoms with van der Waals surface area (Å²) in [7, 11) is 0. The van der Waals surface area contributed by atoms with Gasteiger partial charge in [-0.2, -0.15) is 0 Å². The van der Waals surface area contributed by atoms with E-state index in [1.807, 2.05) is 6.92 Å². The van der Waals surface area contributed by atoms with Gasteiger partial charge in [-0.1, -0.05) is 27.2 Å². The molecule has 0 saturated heterocycles. The molecule has 0 amide bonds. The zero-order valence-corrected chi connectivity index (χ0v) is 11.4. The Morgan fingerprint density at radius 3 is 2.25 bits per heavy atom. The summed E-state index contributed by atoms with van der Waals surface area (Å²) in [6, 6.07) is 0.613. The fourth-order valence-corrected chi connectivity index (χ4v) is 3.10. The van der Waals surface area contributed by atoms with Gasteiger partial charge in [0.2, 0.25) is 0 Å². The van der Waals surface area contributed by atoms with Crippen molar-refractivity contribution >= 4 is 0 Å². The van der Waals surface area contributed by atoms with Crippen LogP contribution in [0.1, 0.15) is 59.8 Å². The molecule has 1 aliphatic carbocycles. The molecule has 0 radical (unpaired) electrons. The van der Waals surface area contributed by atoms with E-state index in [1.165, 1.54) is 19.3 Å². The molecule has 0 aromatic carbocycles. The lowest BCUT2D eigenvalue weighted by molar-refractivity contribution is 0.0434. The van der Waals surface area contributed by atoms with Gasteiger partial charge in [-0.25, -0.2) is 0 Å². The van der Waals surface area contributed by atoms with Crippen molar-refractivity contribution in [3.05, 3.63) is 0 Å². The van der Waals surface area contributed by atoms with Gasteiger partial charge in [-0.3, -0.25) is 0 Å². The van der Waals surface area contributed by atoms with Crippen LogP contribution >= 0.6 is 0 Å². The highest BCUT2D eigenvalue weighted by molar-refractivity contribution is 4.83. The van der Waals surface area contributed by atoms with Crippen LogP contribution in [0.4, 0.5) is 0 Å². The molecule has 96 valence electrons. The fourth-order valence-electron chi connectivity index (χ4n) is 3.10. The van der Waals surface area contributed by atoms with Crippen molar-refractivity contribution in [2.75, 3.05) is 6.54 Å². The maximum absolute atomic E-state index is 10.1. The molecular weight excluding hydrogens is 198 g/mol. The molecule has 16 heavy (non-hydrogen) atoms. The molecule has 0 aromatic rings. The predicted octanol–water partition coefficient (Wildman–Crippen LogP) is 2.95. The molecule has 2 heteroatoms. The molecule has 0 spiro atoms. The summed E-state index contributed by atoms with van der Waals surface area (Å²) in [5.41, 5.74) is -0.529. The molecule has 0 aliphatic heterocycles. The number of aliphatic hydroxyl groups is 1. The van der Waals surface area contributed by atoms with E-state index in [0.29, 0.717) is 6.04 Å². The summed E-state index contributed by atoms with van der Waals surface area (Å²) >= 11 is 0. The number of hydrogen-bond donors (Lipinski definition) is 2.